The Morgan fingerprint density at radius 1 is 0.682 bits per heavy atom. The van der Waals surface area contributed by atoms with Crippen molar-refractivity contribution in [3.63, 3.8) is 0 Å². The van der Waals surface area contributed by atoms with Crippen LogP contribution in [0.25, 0.3) is 0 Å². The Morgan fingerprint density at radius 2 is 1.14 bits per heavy atom. The van der Waals surface area contributed by atoms with Gasteiger partial charge in [-0.1, -0.05) is 83.8 Å². The van der Waals surface area contributed by atoms with Gasteiger partial charge >= 0.3 is 0 Å². The lowest BCUT2D eigenvalue weighted by atomic mass is 9.92. The zero-order valence-electron chi connectivity index (χ0n) is 15.8. The molecule has 0 aromatic carbocycles. The summed E-state index contributed by atoms with van der Waals surface area (Å²) >= 11 is 0. The fourth-order valence-corrected chi connectivity index (χ4v) is 2.78. The molecule has 0 saturated carbocycles. The zero-order chi connectivity index (χ0) is 16.5. The van der Waals surface area contributed by atoms with Gasteiger partial charge in [0.05, 0.1) is 0 Å². The van der Waals surface area contributed by atoms with Gasteiger partial charge in [-0.05, 0) is 45.4 Å². The summed E-state index contributed by atoms with van der Waals surface area (Å²) in [5, 5.41) is 0. The van der Waals surface area contributed by atoms with Gasteiger partial charge in [-0.25, -0.2) is 0 Å². The molecule has 0 rings (SSSR count). The molecule has 22 heavy (non-hydrogen) atoms. The van der Waals surface area contributed by atoms with Crippen molar-refractivity contribution in [1.29, 1.82) is 0 Å². The Balaban J connectivity index is 3.18. The summed E-state index contributed by atoms with van der Waals surface area (Å²) in [5.41, 5.74) is 6.23. The van der Waals surface area contributed by atoms with Crippen molar-refractivity contribution in [1.82, 2.24) is 0 Å². The van der Waals surface area contributed by atoms with Crippen molar-refractivity contribution in [3.8, 4) is 0 Å². The van der Waals surface area contributed by atoms with Crippen molar-refractivity contribution in [2.45, 2.75) is 123 Å². The first-order valence-electron chi connectivity index (χ1n) is 10.1. The lowest BCUT2D eigenvalue weighted by molar-refractivity contribution is 0.395. The van der Waals surface area contributed by atoms with E-state index in [9.17, 15) is 0 Å². The maximum Gasteiger partial charge on any atom is 0.0123 e. The van der Waals surface area contributed by atoms with Crippen LogP contribution in [0.5, 0.6) is 0 Å². The smallest absolute Gasteiger partial charge is 0.0123 e. The van der Waals surface area contributed by atoms with Crippen molar-refractivity contribution in [2.24, 2.45) is 5.73 Å². The third-order valence-corrected chi connectivity index (χ3v) is 4.82. The molecule has 0 aliphatic rings. The minimum atomic E-state index is 0.0687. The minimum absolute atomic E-state index is 0.0687. The molecule has 0 bridgehead atoms. The number of unbranched alkanes of at least 4 members (excludes halogenated alkanes) is 11. The Morgan fingerprint density at radius 3 is 1.64 bits per heavy atom. The lowest BCUT2D eigenvalue weighted by Crippen LogP contribution is -2.34. The Kier molecular flexibility index (Phi) is 15.4. The third-order valence-electron chi connectivity index (χ3n) is 4.82. The molecule has 0 amide bonds. The van der Waals surface area contributed by atoms with Gasteiger partial charge in [-0.3, -0.25) is 0 Å². The van der Waals surface area contributed by atoms with Gasteiger partial charge in [0.1, 0.15) is 0 Å². The van der Waals surface area contributed by atoms with Crippen molar-refractivity contribution >= 4 is 0 Å². The fourth-order valence-electron chi connectivity index (χ4n) is 2.78. The summed E-state index contributed by atoms with van der Waals surface area (Å²) in [6.07, 6.45) is 24.9. The summed E-state index contributed by atoms with van der Waals surface area (Å²) in [6, 6.07) is 0. The van der Waals surface area contributed by atoms with Crippen LogP contribution in [0.1, 0.15) is 117 Å². The Hall–Kier alpha value is -0.300. The number of rotatable bonds is 16. The van der Waals surface area contributed by atoms with Crippen LogP contribution in [0.2, 0.25) is 0 Å². The van der Waals surface area contributed by atoms with E-state index in [0.29, 0.717) is 0 Å². The summed E-state index contributed by atoms with van der Waals surface area (Å²) in [5.74, 6) is 0. The molecule has 1 nitrogen and oxygen atoms in total. The molecule has 132 valence electrons. The van der Waals surface area contributed by atoms with Crippen LogP contribution >= 0.6 is 0 Å². The van der Waals surface area contributed by atoms with Gasteiger partial charge in [0.15, 0.2) is 0 Å². The van der Waals surface area contributed by atoms with Crippen LogP contribution < -0.4 is 5.73 Å². The number of hydrogen-bond donors (Lipinski definition) is 1. The van der Waals surface area contributed by atoms with Crippen LogP contribution in [0.15, 0.2) is 12.2 Å². The maximum absolute atomic E-state index is 6.16. The molecule has 0 aromatic heterocycles. The average Bonchev–Trinajstić information content (AvgIpc) is 2.51. The van der Waals surface area contributed by atoms with Gasteiger partial charge in [-0.15, -0.1) is 0 Å². The molecular weight excluding hydrogens is 266 g/mol. The number of nitrogens with two attached hydrogens (primary N) is 1. The maximum atomic E-state index is 6.16. The topological polar surface area (TPSA) is 26.0 Å². The standard InChI is InChI=1S/C21H43N/c1-4-6-7-8-9-10-11-12-13-14-15-16-17-18-19-20-21(3,22)5-2/h12-13H,4-11,14-20,22H2,1-3H3/b13-12-. The van der Waals surface area contributed by atoms with E-state index in [1.165, 1.54) is 89.9 Å². The highest BCUT2D eigenvalue weighted by Crippen LogP contribution is 2.16. The highest BCUT2D eigenvalue weighted by Gasteiger charge is 2.13. The number of hydrogen-bond acceptors (Lipinski definition) is 1. The van der Waals surface area contributed by atoms with Gasteiger partial charge in [0, 0.05) is 5.54 Å². The molecule has 1 heteroatoms. The Labute approximate surface area is 141 Å². The van der Waals surface area contributed by atoms with Crippen LogP contribution in [-0.4, -0.2) is 5.54 Å². The highest BCUT2D eigenvalue weighted by atomic mass is 14.7. The molecule has 0 heterocycles. The summed E-state index contributed by atoms with van der Waals surface area (Å²) in [6.45, 7) is 6.66. The summed E-state index contributed by atoms with van der Waals surface area (Å²) in [4.78, 5) is 0. The second kappa shape index (κ2) is 15.6. The molecule has 0 radical (unpaired) electrons. The molecule has 0 aliphatic heterocycles. The van der Waals surface area contributed by atoms with E-state index in [-0.39, 0.29) is 5.54 Å². The van der Waals surface area contributed by atoms with E-state index in [2.05, 4.69) is 32.9 Å². The largest absolute Gasteiger partial charge is 0.325 e. The fraction of sp³-hybridized carbons (Fsp3) is 0.905. The highest BCUT2D eigenvalue weighted by molar-refractivity contribution is 4.81. The third kappa shape index (κ3) is 16.1. The normalized spacial score (nSPS) is 14.5. The van der Waals surface area contributed by atoms with Crippen molar-refractivity contribution < 1.29 is 0 Å². The first-order chi connectivity index (χ1) is 10.6. The van der Waals surface area contributed by atoms with E-state index in [1.807, 2.05) is 0 Å². The zero-order valence-corrected chi connectivity index (χ0v) is 15.8. The van der Waals surface area contributed by atoms with E-state index in [1.54, 1.807) is 0 Å². The second-order valence-corrected chi connectivity index (χ2v) is 7.34. The predicted molar refractivity (Wildman–Crippen MR) is 102 cm³/mol. The first-order valence-corrected chi connectivity index (χ1v) is 10.1. The average molecular weight is 310 g/mol. The number of allylic oxidation sites excluding steroid dienone is 2. The van der Waals surface area contributed by atoms with Gasteiger partial charge in [0.2, 0.25) is 0 Å². The van der Waals surface area contributed by atoms with Crippen LogP contribution in [0, 0.1) is 0 Å². The summed E-state index contributed by atoms with van der Waals surface area (Å²) < 4.78 is 0. The van der Waals surface area contributed by atoms with E-state index >= 15 is 0 Å². The van der Waals surface area contributed by atoms with Crippen LogP contribution in [0.3, 0.4) is 0 Å². The SMILES string of the molecule is CCCCCCCC/C=C\CCCCCCCC(C)(N)CC. The van der Waals surface area contributed by atoms with Gasteiger partial charge in [-0.2, -0.15) is 0 Å². The minimum Gasteiger partial charge on any atom is -0.325 e. The van der Waals surface area contributed by atoms with Gasteiger partial charge < -0.3 is 5.73 Å². The van der Waals surface area contributed by atoms with E-state index in [4.69, 9.17) is 5.73 Å². The van der Waals surface area contributed by atoms with Crippen molar-refractivity contribution in [3.05, 3.63) is 12.2 Å². The molecule has 0 aromatic rings. The molecule has 0 aliphatic carbocycles. The van der Waals surface area contributed by atoms with E-state index in [0.717, 1.165) is 6.42 Å². The second-order valence-electron chi connectivity index (χ2n) is 7.34. The molecule has 2 N–H and O–H groups in total. The van der Waals surface area contributed by atoms with E-state index < -0.39 is 0 Å². The lowest BCUT2D eigenvalue weighted by Gasteiger charge is -2.22. The monoisotopic (exact) mass is 309 g/mol. The molecule has 0 spiro atoms. The van der Waals surface area contributed by atoms with Crippen LogP contribution in [-0.2, 0) is 0 Å². The van der Waals surface area contributed by atoms with Crippen LogP contribution in [0.4, 0.5) is 0 Å². The Bertz CT molecular complexity index is 242. The van der Waals surface area contributed by atoms with Crippen molar-refractivity contribution in [2.75, 3.05) is 0 Å². The quantitative estimate of drug-likeness (QED) is 0.238. The van der Waals surface area contributed by atoms with Gasteiger partial charge in [0.25, 0.3) is 0 Å². The molecule has 0 fully saturated rings. The molecule has 1 atom stereocenters. The molecule has 1 unspecified atom stereocenters. The summed E-state index contributed by atoms with van der Waals surface area (Å²) in [7, 11) is 0. The molecular formula is C21H43N. The first kappa shape index (κ1) is 21.7. The predicted octanol–water partition coefficient (Wildman–Crippen LogP) is 7.15. The molecule has 0 saturated heterocycles.